The molecule has 9 nitrogen and oxygen atoms in total. The van der Waals surface area contributed by atoms with Crippen molar-refractivity contribution in [2.24, 2.45) is 0 Å². The van der Waals surface area contributed by atoms with Crippen LogP contribution < -0.4 is 5.73 Å². The quantitative estimate of drug-likeness (QED) is 0.541. The van der Waals surface area contributed by atoms with E-state index >= 15 is 0 Å². The minimum Gasteiger partial charge on any atom is -0.391 e. The largest absolute Gasteiger partial charge is 0.391 e. The van der Waals surface area contributed by atoms with Crippen LogP contribution in [-0.2, 0) is 4.74 Å². The summed E-state index contributed by atoms with van der Waals surface area (Å²) in [6, 6.07) is 0. The van der Waals surface area contributed by atoms with Crippen LogP contribution >= 0.6 is 0 Å². The van der Waals surface area contributed by atoms with Gasteiger partial charge in [-0.15, -0.1) is 0 Å². The Kier molecular flexibility index (Phi) is 3.10. The standard InChI is InChI=1S/C12H17N5O4/c1-5(18)7-8(19)12(2,20)11(21-7)17-4-16-6-9(13)14-3-15-10(6)17/h3-5,7-8,11,18-20H,1-2H3,(H2,13,14,15)/t5-,7-,8-,11+,12+/m1/s1. The zero-order valence-electron chi connectivity index (χ0n) is 11.6. The molecule has 5 N–H and O–H groups in total. The monoisotopic (exact) mass is 295 g/mol. The zero-order valence-corrected chi connectivity index (χ0v) is 11.6. The van der Waals surface area contributed by atoms with Gasteiger partial charge in [-0.05, 0) is 13.8 Å². The Bertz CT molecular complexity index is 671. The molecule has 0 aromatic carbocycles. The summed E-state index contributed by atoms with van der Waals surface area (Å²) >= 11 is 0. The molecular formula is C12H17N5O4. The highest BCUT2D eigenvalue weighted by Crippen LogP contribution is 2.40. The maximum Gasteiger partial charge on any atom is 0.168 e. The fourth-order valence-corrected chi connectivity index (χ4v) is 2.61. The zero-order chi connectivity index (χ0) is 15.4. The Labute approximate surface area is 120 Å². The van der Waals surface area contributed by atoms with E-state index in [1.54, 1.807) is 0 Å². The number of imidazole rings is 1. The fraction of sp³-hybridized carbons (Fsp3) is 0.583. The number of nitrogens with zero attached hydrogens (tertiary/aromatic N) is 4. The molecule has 0 aliphatic carbocycles. The van der Waals surface area contributed by atoms with Crippen LogP contribution in [0.15, 0.2) is 12.7 Å². The van der Waals surface area contributed by atoms with E-state index in [9.17, 15) is 15.3 Å². The average Bonchev–Trinajstić information content (AvgIpc) is 2.92. The number of aliphatic hydroxyl groups excluding tert-OH is 2. The summed E-state index contributed by atoms with van der Waals surface area (Å²) in [6.07, 6.45) is -1.37. The Morgan fingerprint density at radius 3 is 2.76 bits per heavy atom. The lowest BCUT2D eigenvalue weighted by Crippen LogP contribution is -2.45. The van der Waals surface area contributed by atoms with E-state index in [-0.39, 0.29) is 5.82 Å². The molecule has 9 heteroatoms. The average molecular weight is 295 g/mol. The molecule has 2 aromatic rings. The van der Waals surface area contributed by atoms with Crippen molar-refractivity contribution in [1.82, 2.24) is 19.5 Å². The molecule has 0 bridgehead atoms. The number of nitrogen functional groups attached to an aromatic ring is 1. The number of hydrogen-bond acceptors (Lipinski definition) is 8. The number of aromatic nitrogens is 4. The van der Waals surface area contributed by atoms with Crippen LogP contribution in [-0.4, -0.2) is 58.8 Å². The fourth-order valence-electron chi connectivity index (χ4n) is 2.61. The first-order valence-electron chi connectivity index (χ1n) is 6.51. The Morgan fingerprint density at radius 1 is 1.43 bits per heavy atom. The van der Waals surface area contributed by atoms with Gasteiger partial charge < -0.3 is 25.8 Å². The predicted molar refractivity (Wildman–Crippen MR) is 72.0 cm³/mol. The molecule has 0 saturated carbocycles. The van der Waals surface area contributed by atoms with Crippen molar-refractivity contribution in [2.45, 2.75) is 44.0 Å². The van der Waals surface area contributed by atoms with Crippen molar-refractivity contribution < 1.29 is 20.1 Å². The third-order valence-corrected chi connectivity index (χ3v) is 3.81. The predicted octanol–water partition coefficient (Wildman–Crippen LogP) is -1.20. The lowest BCUT2D eigenvalue weighted by molar-refractivity contribution is -0.0987. The molecular weight excluding hydrogens is 278 g/mol. The molecule has 1 fully saturated rings. The number of fused-ring (bicyclic) bond motifs is 1. The van der Waals surface area contributed by atoms with Crippen LogP contribution in [0.2, 0.25) is 0 Å². The van der Waals surface area contributed by atoms with E-state index in [0.717, 1.165) is 0 Å². The van der Waals surface area contributed by atoms with Crippen LogP contribution in [0.3, 0.4) is 0 Å². The van der Waals surface area contributed by atoms with Gasteiger partial charge in [0.05, 0.1) is 12.4 Å². The summed E-state index contributed by atoms with van der Waals surface area (Å²) < 4.78 is 7.09. The lowest BCUT2D eigenvalue weighted by Gasteiger charge is -2.27. The minimum atomic E-state index is -1.62. The van der Waals surface area contributed by atoms with E-state index in [1.807, 2.05) is 0 Å². The summed E-state index contributed by atoms with van der Waals surface area (Å²) in [5, 5.41) is 30.4. The molecule has 114 valence electrons. The molecule has 0 unspecified atom stereocenters. The van der Waals surface area contributed by atoms with Gasteiger partial charge in [0.1, 0.15) is 29.7 Å². The molecule has 21 heavy (non-hydrogen) atoms. The highest BCUT2D eigenvalue weighted by molar-refractivity contribution is 5.81. The first-order valence-corrected chi connectivity index (χ1v) is 6.51. The van der Waals surface area contributed by atoms with E-state index < -0.39 is 30.1 Å². The summed E-state index contributed by atoms with van der Waals surface area (Å²) in [6.45, 7) is 2.92. The van der Waals surface area contributed by atoms with Crippen LogP contribution in [0, 0.1) is 0 Å². The van der Waals surface area contributed by atoms with Crippen molar-refractivity contribution in [3.63, 3.8) is 0 Å². The Balaban J connectivity index is 2.08. The van der Waals surface area contributed by atoms with Crippen molar-refractivity contribution in [2.75, 3.05) is 5.73 Å². The van der Waals surface area contributed by atoms with Crippen molar-refractivity contribution in [3.05, 3.63) is 12.7 Å². The van der Waals surface area contributed by atoms with Gasteiger partial charge in [-0.3, -0.25) is 4.57 Å². The molecule has 0 radical (unpaired) electrons. The maximum atomic E-state index is 10.5. The highest BCUT2D eigenvalue weighted by atomic mass is 16.6. The van der Waals surface area contributed by atoms with Gasteiger partial charge in [0.25, 0.3) is 0 Å². The van der Waals surface area contributed by atoms with Crippen molar-refractivity contribution in [3.8, 4) is 0 Å². The number of anilines is 1. The van der Waals surface area contributed by atoms with Crippen LogP contribution in [0.25, 0.3) is 11.2 Å². The van der Waals surface area contributed by atoms with Gasteiger partial charge in [-0.2, -0.15) is 0 Å². The molecule has 5 atom stereocenters. The number of hydrogen-bond donors (Lipinski definition) is 4. The molecule has 3 rings (SSSR count). The van der Waals surface area contributed by atoms with Crippen LogP contribution in [0.5, 0.6) is 0 Å². The van der Waals surface area contributed by atoms with Gasteiger partial charge >= 0.3 is 0 Å². The molecule has 0 spiro atoms. The number of aliphatic hydroxyl groups is 3. The number of ether oxygens (including phenoxy) is 1. The Morgan fingerprint density at radius 2 is 2.14 bits per heavy atom. The lowest BCUT2D eigenvalue weighted by atomic mass is 9.94. The molecule has 0 amide bonds. The van der Waals surface area contributed by atoms with E-state index in [2.05, 4.69) is 15.0 Å². The summed E-state index contributed by atoms with van der Waals surface area (Å²) in [4.78, 5) is 12.0. The molecule has 3 heterocycles. The SMILES string of the molecule is C[C@@H](O)[C@H]1O[C@H](n2cnc3c(N)ncnc32)[C@@](C)(O)[C@@H]1O. The third-order valence-electron chi connectivity index (χ3n) is 3.81. The summed E-state index contributed by atoms with van der Waals surface area (Å²) in [5.74, 6) is 0.212. The summed E-state index contributed by atoms with van der Waals surface area (Å²) in [7, 11) is 0. The molecule has 2 aromatic heterocycles. The van der Waals surface area contributed by atoms with Crippen LogP contribution in [0.4, 0.5) is 5.82 Å². The Hall–Kier alpha value is -1.81. The topological polar surface area (TPSA) is 140 Å². The van der Waals surface area contributed by atoms with Gasteiger partial charge in [-0.1, -0.05) is 0 Å². The van der Waals surface area contributed by atoms with Gasteiger partial charge in [-0.25, -0.2) is 15.0 Å². The van der Waals surface area contributed by atoms with Crippen LogP contribution in [0.1, 0.15) is 20.1 Å². The molecule has 1 aliphatic heterocycles. The second-order valence-corrected chi connectivity index (χ2v) is 5.45. The minimum absolute atomic E-state index is 0.212. The number of rotatable bonds is 2. The van der Waals surface area contributed by atoms with Gasteiger partial charge in [0.2, 0.25) is 0 Å². The second kappa shape index (κ2) is 4.60. The molecule has 1 saturated heterocycles. The first kappa shape index (κ1) is 14.1. The maximum absolute atomic E-state index is 10.5. The van der Waals surface area contributed by atoms with E-state index in [4.69, 9.17) is 10.5 Å². The second-order valence-electron chi connectivity index (χ2n) is 5.45. The van der Waals surface area contributed by atoms with E-state index in [1.165, 1.54) is 31.1 Å². The smallest absolute Gasteiger partial charge is 0.168 e. The highest BCUT2D eigenvalue weighted by Gasteiger charge is 2.54. The molecule has 1 aliphatic rings. The van der Waals surface area contributed by atoms with Crippen molar-refractivity contribution in [1.29, 1.82) is 0 Å². The normalized spacial score (nSPS) is 34.4. The van der Waals surface area contributed by atoms with Gasteiger partial charge in [0.15, 0.2) is 17.7 Å². The summed E-state index contributed by atoms with van der Waals surface area (Å²) in [5.41, 5.74) is 4.87. The van der Waals surface area contributed by atoms with E-state index in [0.29, 0.717) is 11.2 Å². The number of nitrogens with two attached hydrogens (primary N) is 1. The third kappa shape index (κ3) is 1.97. The first-order chi connectivity index (χ1) is 9.84. The van der Waals surface area contributed by atoms with Gasteiger partial charge in [0, 0.05) is 0 Å². The van der Waals surface area contributed by atoms with Crippen molar-refractivity contribution >= 4 is 17.0 Å².